The lowest BCUT2D eigenvalue weighted by Crippen LogP contribution is -2.00. The molecule has 3 nitrogen and oxygen atoms in total. The molecule has 0 N–H and O–H groups in total. The molecule has 0 unspecified atom stereocenters. The largest absolute Gasteiger partial charge is 0.238 e. The number of nitriles is 1. The summed E-state index contributed by atoms with van der Waals surface area (Å²) in [7, 11) is 0. The molecule has 0 aliphatic carbocycles. The van der Waals surface area contributed by atoms with E-state index in [9.17, 15) is 0 Å². The van der Waals surface area contributed by atoms with Crippen LogP contribution in [0.4, 0.5) is 0 Å². The molecule has 0 saturated carbocycles. The van der Waals surface area contributed by atoms with Gasteiger partial charge in [0.25, 0.3) is 0 Å². The second-order valence-electron chi connectivity index (χ2n) is 5.64. The molecule has 1 aromatic heterocycles. The fraction of sp³-hybridized carbons (Fsp3) is 0.158. The summed E-state index contributed by atoms with van der Waals surface area (Å²) < 4.78 is 2.96. The van der Waals surface area contributed by atoms with Gasteiger partial charge < -0.3 is 0 Å². The number of benzene rings is 2. The second-order valence-corrected chi connectivity index (χ2v) is 6.96. The quantitative estimate of drug-likeness (QED) is 0.593. The first-order valence-corrected chi connectivity index (χ1v) is 8.66. The van der Waals surface area contributed by atoms with Crippen LogP contribution in [0.3, 0.4) is 0 Å². The van der Waals surface area contributed by atoms with Crippen molar-refractivity contribution < 1.29 is 0 Å². The molecule has 0 amide bonds. The molecule has 0 fully saturated rings. The number of hydrogen-bond donors (Lipinski definition) is 0. The highest BCUT2D eigenvalue weighted by Gasteiger charge is 2.14. The summed E-state index contributed by atoms with van der Waals surface area (Å²) in [5.41, 5.74) is 5.85. The Balaban J connectivity index is 1.99. The van der Waals surface area contributed by atoms with Crippen LogP contribution >= 0.6 is 27.5 Å². The van der Waals surface area contributed by atoms with Gasteiger partial charge in [0.15, 0.2) is 0 Å². The van der Waals surface area contributed by atoms with Crippen LogP contribution in [0.15, 0.2) is 46.9 Å². The molecule has 120 valence electrons. The normalized spacial score (nSPS) is 10.6. The van der Waals surface area contributed by atoms with Gasteiger partial charge in [-0.2, -0.15) is 10.4 Å². The zero-order valence-electron chi connectivity index (χ0n) is 13.3. The van der Waals surface area contributed by atoms with Crippen LogP contribution in [0.5, 0.6) is 0 Å². The highest BCUT2D eigenvalue weighted by molar-refractivity contribution is 9.10. The van der Waals surface area contributed by atoms with Gasteiger partial charge in [-0.25, -0.2) is 4.68 Å². The van der Waals surface area contributed by atoms with Crippen molar-refractivity contribution in [3.05, 3.63) is 80.0 Å². The van der Waals surface area contributed by atoms with Gasteiger partial charge in [0.2, 0.25) is 0 Å². The van der Waals surface area contributed by atoms with Gasteiger partial charge in [-0.15, -0.1) is 0 Å². The van der Waals surface area contributed by atoms with E-state index in [1.807, 2.05) is 29.8 Å². The SMILES string of the molecule is Cc1nn(-c2ccc(C#N)c(Cl)c2)c(C)c1Cc1ccc(Br)cc1. The summed E-state index contributed by atoms with van der Waals surface area (Å²) in [6, 6.07) is 15.8. The Bertz CT molecular complexity index is 936. The fourth-order valence-corrected chi connectivity index (χ4v) is 3.20. The van der Waals surface area contributed by atoms with E-state index in [2.05, 4.69) is 46.2 Å². The average Bonchev–Trinajstić information content (AvgIpc) is 2.85. The molecule has 0 bridgehead atoms. The van der Waals surface area contributed by atoms with E-state index in [0.717, 1.165) is 28.0 Å². The standard InChI is InChI=1S/C19H15BrClN3/c1-12-18(9-14-3-6-16(20)7-4-14)13(2)24(23-12)17-8-5-15(11-22)19(21)10-17/h3-8,10H,9H2,1-2H3. The maximum Gasteiger partial charge on any atom is 0.101 e. The third-order valence-corrected chi connectivity index (χ3v) is 4.89. The molecule has 24 heavy (non-hydrogen) atoms. The summed E-state index contributed by atoms with van der Waals surface area (Å²) in [6.45, 7) is 4.07. The molecule has 0 radical (unpaired) electrons. The van der Waals surface area contributed by atoms with Crippen molar-refractivity contribution in [2.24, 2.45) is 0 Å². The Kier molecular flexibility index (Phi) is 4.75. The highest BCUT2D eigenvalue weighted by Crippen LogP contribution is 2.24. The van der Waals surface area contributed by atoms with Crippen LogP contribution < -0.4 is 0 Å². The topological polar surface area (TPSA) is 41.6 Å². The minimum atomic E-state index is 0.442. The van der Waals surface area contributed by atoms with Crippen molar-refractivity contribution >= 4 is 27.5 Å². The smallest absolute Gasteiger partial charge is 0.101 e. The lowest BCUT2D eigenvalue weighted by atomic mass is 10.0. The monoisotopic (exact) mass is 399 g/mol. The minimum absolute atomic E-state index is 0.442. The van der Waals surface area contributed by atoms with Crippen molar-refractivity contribution in [1.82, 2.24) is 9.78 Å². The van der Waals surface area contributed by atoms with Gasteiger partial charge in [0, 0.05) is 22.2 Å². The molecule has 0 aliphatic rings. The lowest BCUT2D eigenvalue weighted by Gasteiger charge is -2.07. The molecular formula is C19H15BrClN3. The van der Waals surface area contributed by atoms with Gasteiger partial charge >= 0.3 is 0 Å². The summed E-state index contributed by atoms with van der Waals surface area (Å²) in [5, 5.41) is 14.1. The molecule has 3 aromatic rings. The van der Waals surface area contributed by atoms with E-state index < -0.39 is 0 Å². The number of nitrogens with zero attached hydrogens (tertiary/aromatic N) is 3. The van der Waals surface area contributed by atoms with E-state index in [1.54, 1.807) is 12.1 Å². The van der Waals surface area contributed by atoms with E-state index in [1.165, 1.54) is 11.1 Å². The van der Waals surface area contributed by atoms with Crippen molar-refractivity contribution in [3.63, 3.8) is 0 Å². The Morgan fingerprint density at radius 2 is 1.88 bits per heavy atom. The highest BCUT2D eigenvalue weighted by atomic mass is 79.9. The zero-order valence-corrected chi connectivity index (χ0v) is 15.7. The summed E-state index contributed by atoms with van der Waals surface area (Å²) in [4.78, 5) is 0. The molecule has 1 heterocycles. The molecule has 2 aromatic carbocycles. The van der Waals surface area contributed by atoms with E-state index in [-0.39, 0.29) is 0 Å². The zero-order chi connectivity index (χ0) is 17.3. The number of aromatic nitrogens is 2. The first-order valence-electron chi connectivity index (χ1n) is 7.49. The fourth-order valence-electron chi connectivity index (χ4n) is 2.72. The first kappa shape index (κ1) is 16.8. The maximum atomic E-state index is 9.01. The summed E-state index contributed by atoms with van der Waals surface area (Å²) in [5.74, 6) is 0. The first-order chi connectivity index (χ1) is 11.5. The Morgan fingerprint density at radius 3 is 2.50 bits per heavy atom. The van der Waals surface area contributed by atoms with Crippen LogP contribution in [-0.2, 0) is 6.42 Å². The van der Waals surface area contributed by atoms with Crippen molar-refractivity contribution in [3.8, 4) is 11.8 Å². The minimum Gasteiger partial charge on any atom is -0.238 e. The van der Waals surface area contributed by atoms with Gasteiger partial charge in [-0.1, -0.05) is 39.7 Å². The summed E-state index contributed by atoms with van der Waals surface area (Å²) >= 11 is 9.62. The molecular weight excluding hydrogens is 386 g/mol. The Morgan fingerprint density at radius 1 is 1.17 bits per heavy atom. The molecule has 0 aliphatic heterocycles. The van der Waals surface area contributed by atoms with Gasteiger partial charge in [0.1, 0.15) is 6.07 Å². The third kappa shape index (κ3) is 3.24. The predicted octanol–water partition coefficient (Wildman–Crippen LogP) is 5.37. The Hall–Kier alpha value is -2.09. The van der Waals surface area contributed by atoms with Gasteiger partial charge in [-0.3, -0.25) is 0 Å². The number of rotatable bonds is 3. The Labute approximate surface area is 154 Å². The van der Waals surface area contributed by atoms with Gasteiger partial charge in [0.05, 0.1) is 22.0 Å². The third-order valence-electron chi connectivity index (χ3n) is 4.05. The number of aryl methyl sites for hydroxylation is 1. The summed E-state index contributed by atoms with van der Waals surface area (Å²) in [6.07, 6.45) is 0.828. The van der Waals surface area contributed by atoms with Crippen LogP contribution in [0.2, 0.25) is 5.02 Å². The lowest BCUT2D eigenvalue weighted by molar-refractivity contribution is 0.832. The molecule has 0 atom stereocenters. The number of halogens is 2. The van der Waals surface area contributed by atoms with Crippen LogP contribution in [0.1, 0.15) is 28.1 Å². The van der Waals surface area contributed by atoms with Crippen LogP contribution in [0.25, 0.3) is 5.69 Å². The van der Waals surface area contributed by atoms with E-state index >= 15 is 0 Å². The maximum absolute atomic E-state index is 9.01. The van der Waals surface area contributed by atoms with Crippen LogP contribution in [0, 0.1) is 25.2 Å². The second kappa shape index (κ2) is 6.80. The van der Waals surface area contributed by atoms with Crippen LogP contribution in [-0.4, -0.2) is 9.78 Å². The predicted molar refractivity (Wildman–Crippen MR) is 99.7 cm³/mol. The van der Waals surface area contributed by atoms with Crippen molar-refractivity contribution in [2.45, 2.75) is 20.3 Å². The molecule has 0 saturated heterocycles. The van der Waals surface area contributed by atoms with Gasteiger partial charge in [-0.05, 0) is 49.7 Å². The molecule has 5 heteroatoms. The number of hydrogen-bond acceptors (Lipinski definition) is 2. The molecule has 0 spiro atoms. The average molecular weight is 401 g/mol. The van der Waals surface area contributed by atoms with Crippen molar-refractivity contribution in [2.75, 3.05) is 0 Å². The van der Waals surface area contributed by atoms with Crippen molar-refractivity contribution in [1.29, 1.82) is 5.26 Å². The molecule has 3 rings (SSSR count). The van der Waals surface area contributed by atoms with E-state index in [4.69, 9.17) is 16.9 Å². The van der Waals surface area contributed by atoms with E-state index in [0.29, 0.717) is 10.6 Å².